The summed E-state index contributed by atoms with van der Waals surface area (Å²) in [5, 5.41) is -3.80. The fourth-order valence-corrected chi connectivity index (χ4v) is 11.6. The van der Waals surface area contributed by atoms with E-state index in [4.69, 9.17) is 18.1 Å². The zero-order valence-electron chi connectivity index (χ0n) is 21.2. The van der Waals surface area contributed by atoms with E-state index in [0.29, 0.717) is 0 Å². The molecule has 4 N–H and O–H groups in total. The van der Waals surface area contributed by atoms with Gasteiger partial charge in [-0.05, 0) is 51.0 Å². The highest BCUT2D eigenvalue weighted by molar-refractivity contribution is 7.72. The summed E-state index contributed by atoms with van der Waals surface area (Å²) in [4.78, 5) is 46.0. The highest BCUT2D eigenvalue weighted by atomic mass is 31.2. The van der Waals surface area contributed by atoms with Crippen LogP contribution in [0.1, 0.15) is 49.6 Å². The normalized spacial score (nSPS) is 13.4. The molecule has 214 valence electrons. The van der Waals surface area contributed by atoms with E-state index in [1.54, 1.807) is 27.7 Å². The number of aromatic nitrogens is 2. The Bertz CT molecular complexity index is 1170. The maximum absolute atomic E-state index is 13.8. The van der Waals surface area contributed by atoms with Crippen LogP contribution < -0.4 is 0 Å². The van der Waals surface area contributed by atoms with Crippen LogP contribution in [0.15, 0.2) is 36.7 Å². The Morgan fingerprint density at radius 1 is 0.605 bits per heavy atom. The maximum Gasteiger partial charge on any atom is 0.350 e. The molecule has 0 aliphatic rings. The van der Waals surface area contributed by atoms with E-state index >= 15 is 0 Å². The minimum absolute atomic E-state index is 0.00196. The van der Waals surface area contributed by atoms with Crippen LogP contribution in [-0.2, 0) is 36.4 Å². The number of hydrogen-bond donors (Lipinski definition) is 4. The maximum atomic E-state index is 13.8. The summed E-state index contributed by atoms with van der Waals surface area (Å²) >= 11 is 0. The summed E-state index contributed by atoms with van der Waals surface area (Å²) in [5.41, 5.74) is 0.274. The van der Waals surface area contributed by atoms with E-state index in [-0.39, 0.29) is 48.9 Å². The second kappa shape index (κ2) is 13.5. The van der Waals surface area contributed by atoms with Crippen LogP contribution in [0.2, 0.25) is 0 Å². The standard InChI is InChI=1S/C20H32N2O12P4/c1-5-31-37(29,32-6-2)20(38(30,33-7-3)34-8-4)16-10-12-18(22-14-16)17-11-9-15(13-21-17)19(35(23,24)25)36(26,27)28/h9-14,19-20H,5-8H2,1-4H3,(H2,23,24,25)(H2,26,27,28). The van der Waals surface area contributed by atoms with E-state index in [1.165, 1.54) is 24.4 Å². The highest BCUT2D eigenvalue weighted by Crippen LogP contribution is 2.78. The molecule has 18 heteroatoms. The molecule has 0 unspecified atom stereocenters. The number of nitrogens with zero attached hydrogens (tertiary/aromatic N) is 2. The topological polar surface area (TPSA) is 212 Å². The molecule has 0 saturated carbocycles. The quantitative estimate of drug-likeness (QED) is 0.193. The predicted octanol–water partition coefficient (Wildman–Crippen LogP) is 5.03. The molecule has 2 rings (SSSR count). The molecule has 0 fully saturated rings. The molecule has 2 aromatic heterocycles. The van der Waals surface area contributed by atoms with Crippen LogP contribution in [0.4, 0.5) is 0 Å². The van der Waals surface area contributed by atoms with Gasteiger partial charge in [-0.15, -0.1) is 0 Å². The van der Waals surface area contributed by atoms with E-state index in [1.807, 2.05) is 0 Å². The van der Waals surface area contributed by atoms with E-state index < -0.39 is 41.2 Å². The van der Waals surface area contributed by atoms with Crippen molar-refractivity contribution in [3.63, 3.8) is 0 Å². The predicted molar refractivity (Wildman–Crippen MR) is 139 cm³/mol. The number of hydrogen-bond acceptors (Lipinski definition) is 10. The molecule has 14 nitrogen and oxygen atoms in total. The third kappa shape index (κ3) is 7.98. The van der Waals surface area contributed by atoms with Crippen molar-refractivity contribution >= 4 is 30.4 Å². The Morgan fingerprint density at radius 3 is 1.16 bits per heavy atom. The molecule has 0 radical (unpaired) electrons. The zero-order valence-corrected chi connectivity index (χ0v) is 24.8. The minimum atomic E-state index is -5.20. The van der Waals surface area contributed by atoms with Gasteiger partial charge in [-0.2, -0.15) is 0 Å². The lowest BCUT2D eigenvalue weighted by Crippen LogP contribution is -2.12. The van der Waals surface area contributed by atoms with Crippen LogP contribution >= 0.6 is 30.4 Å². The highest BCUT2D eigenvalue weighted by Gasteiger charge is 2.52. The van der Waals surface area contributed by atoms with E-state index in [0.717, 1.165) is 12.3 Å². The van der Waals surface area contributed by atoms with Crippen molar-refractivity contribution in [3.8, 4) is 11.4 Å². The van der Waals surface area contributed by atoms with Crippen molar-refractivity contribution in [1.29, 1.82) is 0 Å². The molecular formula is C20H32N2O12P4. The van der Waals surface area contributed by atoms with E-state index in [9.17, 15) is 37.8 Å². The van der Waals surface area contributed by atoms with Gasteiger partial charge in [-0.1, -0.05) is 12.1 Å². The molecule has 0 aromatic carbocycles. The van der Waals surface area contributed by atoms with Crippen molar-refractivity contribution in [2.24, 2.45) is 0 Å². The van der Waals surface area contributed by atoms with Crippen LogP contribution in [0.3, 0.4) is 0 Å². The van der Waals surface area contributed by atoms with Crippen LogP contribution in [0.5, 0.6) is 0 Å². The summed E-state index contributed by atoms with van der Waals surface area (Å²) in [5.74, 6) is 0. The van der Waals surface area contributed by atoms with Crippen molar-refractivity contribution in [2.75, 3.05) is 26.4 Å². The van der Waals surface area contributed by atoms with E-state index in [2.05, 4.69) is 9.97 Å². The van der Waals surface area contributed by atoms with Crippen LogP contribution in [0, 0.1) is 0 Å². The summed E-state index contributed by atoms with van der Waals surface area (Å²) in [6.45, 7) is 6.42. The second-order valence-corrected chi connectivity index (χ2v) is 16.1. The average molecular weight is 616 g/mol. The molecule has 2 aromatic rings. The SMILES string of the molecule is CCOP(=O)(OCC)C(c1ccc(-c2ccc(C(P(=O)(O)O)P(=O)(O)O)cn2)nc1)P(=O)(OCC)OCC. The van der Waals surface area contributed by atoms with Gasteiger partial charge in [-0.25, -0.2) is 0 Å². The Kier molecular flexibility index (Phi) is 11.8. The smallest absolute Gasteiger partial charge is 0.324 e. The molecular weight excluding hydrogens is 584 g/mol. The fourth-order valence-electron chi connectivity index (χ4n) is 3.62. The lowest BCUT2D eigenvalue weighted by atomic mass is 10.2. The first kappa shape index (κ1) is 33.1. The molecule has 0 bridgehead atoms. The Labute approximate surface area is 220 Å². The second-order valence-electron chi connectivity index (χ2n) is 7.63. The number of rotatable bonds is 15. The fraction of sp³-hybridized carbons (Fsp3) is 0.500. The minimum Gasteiger partial charge on any atom is -0.324 e. The molecule has 2 heterocycles. The summed E-state index contributed by atoms with van der Waals surface area (Å²) < 4.78 is 72.7. The molecule has 38 heavy (non-hydrogen) atoms. The Morgan fingerprint density at radius 2 is 0.921 bits per heavy atom. The van der Waals surface area contributed by atoms with Gasteiger partial charge < -0.3 is 37.7 Å². The van der Waals surface area contributed by atoms with Crippen molar-refractivity contribution < 1.29 is 55.9 Å². The van der Waals surface area contributed by atoms with Crippen LogP contribution in [-0.4, -0.2) is 56.0 Å². The zero-order chi connectivity index (χ0) is 28.8. The molecule has 0 amide bonds. The van der Waals surface area contributed by atoms with Crippen LogP contribution in [0.25, 0.3) is 11.4 Å². The van der Waals surface area contributed by atoms with Gasteiger partial charge in [0.25, 0.3) is 0 Å². The Hall–Kier alpha value is -1.10. The van der Waals surface area contributed by atoms with Gasteiger partial charge in [0.05, 0.1) is 37.8 Å². The van der Waals surface area contributed by atoms with Gasteiger partial charge in [0.2, 0.25) is 0 Å². The average Bonchev–Trinajstić information content (AvgIpc) is 2.79. The monoisotopic (exact) mass is 616 g/mol. The molecule has 0 aliphatic heterocycles. The molecule has 0 spiro atoms. The van der Waals surface area contributed by atoms with Gasteiger partial charge in [0.1, 0.15) is 0 Å². The first-order valence-corrected chi connectivity index (χ1v) is 18.1. The molecule has 0 saturated heterocycles. The van der Waals surface area contributed by atoms with Gasteiger partial charge in [0.15, 0.2) is 10.8 Å². The lowest BCUT2D eigenvalue weighted by Gasteiger charge is -2.31. The van der Waals surface area contributed by atoms with Crippen molar-refractivity contribution in [2.45, 2.75) is 38.5 Å². The van der Waals surface area contributed by atoms with Crippen molar-refractivity contribution in [3.05, 3.63) is 47.8 Å². The summed E-state index contributed by atoms with van der Waals surface area (Å²) in [6, 6.07) is 5.33. The lowest BCUT2D eigenvalue weighted by molar-refractivity contribution is 0.195. The van der Waals surface area contributed by atoms with Crippen molar-refractivity contribution in [1.82, 2.24) is 9.97 Å². The van der Waals surface area contributed by atoms with Gasteiger partial charge >= 0.3 is 30.4 Å². The largest absolute Gasteiger partial charge is 0.350 e. The first-order valence-electron chi connectivity index (χ1n) is 11.5. The Balaban J connectivity index is 2.55. The molecule has 0 atom stereocenters. The third-order valence-electron chi connectivity index (χ3n) is 4.90. The first-order chi connectivity index (χ1) is 17.7. The third-order valence-corrected chi connectivity index (χ3v) is 14.5. The molecule has 0 aliphatic carbocycles. The summed E-state index contributed by atoms with van der Waals surface area (Å²) in [7, 11) is -18.6. The number of pyridine rings is 2. The summed E-state index contributed by atoms with van der Waals surface area (Å²) in [6.07, 6.45) is 2.21. The van der Waals surface area contributed by atoms with Gasteiger partial charge in [0, 0.05) is 12.4 Å². The van der Waals surface area contributed by atoms with Gasteiger partial charge in [-0.3, -0.25) is 28.2 Å².